The maximum Gasteiger partial charge on any atom is 0.407 e. The van der Waals surface area contributed by atoms with E-state index in [1.807, 2.05) is 6.92 Å². The van der Waals surface area contributed by atoms with Crippen LogP contribution in [0.3, 0.4) is 0 Å². The number of aryl methyl sites for hydroxylation is 1. The third-order valence-electron chi connectivity index (χ3n) is 6.73. The molecule has 2 saturated carbocycles. The summed E-state index contributed by atoms with van der Waals surface area (Å²) in [5.41, 5.74) is 0.609. The molecule has 218 valence electrons. The zero-order chi connectivity index (χ0) is 29.5. The van der Waals surface area contributed by atoms with Gasteiger partial charge in [0.25, 0.3) is 5.91 Å². The van der Waals surface area contributed by atoms with Crippen molar-refractivity contribution in [2.24, 2.45) is 0 Å². The van der Waals surface area contributed by atoms with Gasteiger partial charge in [-0.1, -0.05) is 0 Å². The summed E-state index contributed by atoms with van der Waals surface area (Å²) in [4.78, 5) is 46.3. The van der Waals surface area contributed by atoms with E-state index in [1.54, 1.807) is 26.8 Å². The smallest absolute Gasteiger partial charge is 0.407 e. The fraction of sp³-hybridized carbons (Fsp3) is 0.464. The zero-order valence-electron chi connectivity index (χ0n) is 23.5. The maximum atomic E-state index is 14.1. The number of rotatable bonds is 8. The van der Waals surface area contributed by atoms with E-state index in [0.717, 1.165) is 0 Å². The molecule has 4 N–H and O–H groups in total. The molecule has 0 bridgehead atoms. The van der Waals surface area contributed by atoms with Crippen molar-refractivity contribution in [3.05, 3.63) is 40.8 Å². The lowest BCUT2D eigenvalue weighted by atomic mass is 9.89. The van der Waals surface area contributed by atoms with Crippen LogP contribution in [0.1, 0.15) is 62.2 Å². The van der Waals surface area contributed by atoms with E-state index >= 15 is 0 Å². The summed E-state index contributed by atoms with van der Waals surface area (Å²) in [7, 11) is 0. The predicted molar refractivity (Wildman–Crippen MR) is 152 cm³/mol. The van der Waals surface area contributed by atoms with Gasteiger partial charge in [0.05, 0.1) is 28.0 Å². The first-order valence-electron chi connectivity index (χ1n) is 13.4. The largest absolute Gasteiger partial charge is 0.488 e. The highest BCUT2D eigenvalue weighted by Gasteiger charge is 2.41. The van der Waals surface area contributed by atoms with Gasteiger partial charge in [-0.05, 0) is 51.8 Å². The Morgan fingerprint density at radius 3 is 2.49 bits per heavy atom. The van der Waals surface area contributed by atoms with Crippen molar-refractivity contribution in [1.82, 2.24) is 25.9 Å². The number of fused-ring (bicyclic) bond motifs is 1. The highest BCUT2D eigenvalue weighted by molar-refractivity contribution is 7.20. The Hall–Kier alpha value is -4.00. The molecule has 2 heterocycles. The molecule has 2 aliphatic carbocycles. The van der Waals surface area contributed by atoms with Crippen LogP contribution in [-0.2, 0) is 9.53 Å². The van der Waals surface area contributed by atoms with E-state index in [1.165, 1.54) is 36.7 Å². The Bertz CT molecular complexity index is 1500. The Morgan fingerprint density at radius 1 is 1.05 bits per heavy atom. The Kier molecular flexibility index (Phi) is 7.73. The average molecular weight is 585 g/mol. The predicted octanol–water partition coefficient (Wildman–Crippen LogP) is 4.32. The van der Waals surface area contributed by atoms with Crippen LogP contribution in [0.4, 0.5) is 20.7 Å². The lowest BCUT2D eigenvalue weighted by Gasteiger charge is -2.36. The van der Waals surface area contributed by atoms with Crippen LogP contribution in [0.15, 0.2) is 24.5 Å². The van der Waals surface area contributed by atoms with E-state index in [9.17, 15) is 18.8 Å². The van der Waals surface area contributed by atoms with Crippen molar-refractivity contribution in [3.63, 3.8) is 0 Å². The van der Waals surface area contributed by atoms with Crippen LogP contribution < -0.4 is 26.0 Å². The third-order valence-corrected chi connectivity index (χ3v) is 7.93. The molecule has 5 rings (SSSR count). The summed E-state index contributed by atoms with van der Waals surface area (Å²) in [6.45, 7) is 8.66. The number of hydrogen-bond acceptors (Lipinski definition) is 9. The van der Waals surface area contributed by atoms with Gasteiger partial charge in [0.2, 0.25) is 5.91 Å². The monoisotopic (exact) mass is 584 g/mol. The molecule has 3 aromatic rings. The summed E-state index contributed by atoms with van der Waals surface area (Å²) in [5.74, 6) is -0.0188. The molecule has 13 heteroatoms. The van der Waals surface area contributed by atoms with E-state index < -0.39 is 17.5 Å². The zero-order valence-corrected chi connectivity index (χ0v) is 24.3. The number of aromatic nitrogens is 2. The number of carbonyl (C=O) groups excluding carboxylic acids is 3. The van der Waals surface area contributed by atoms with Crippen LogP contribution in [-0.4, -0.2) is 57.7 Å². The van der Waals surface area contributed by atoms with Crippen LogP contribution in [0.5, 0.6) is 5.75 Å². The second-order valence-corrected chi connectivity index (χ2v) is 12.4. The van der Waals surface area contributed by atoms with E-state index in [4.69, 9.17) is 9.47 Å². The number of thiophene rings is 1. The molecule has 2 aliphatic rings. The first-order valence-corrected chi connectivity index (χ1v) is 14.2. The molecule has 0 spiro atoms. The van der Waals surface area contributed by atoms with Gasteiger partial charge in [0.1, 0.15) is 40.2 Å². The van der Waals surface area contributed by atoms with Gasteiger partial charge < -0.3 is 30.7 Å². The number of alkyl carbamates (subject to hydrolysis) is 1. The summed E-state index contributed by atoms with van der Waals surface area (Å²) >= 11 is 1.24. The Labute approximate surface area is 240 Å². The number of amides is 3. The van der Waals surface area contributed by atoms with Gasteiger partial charge in [-0.15, -0.1) is 11.3 Å². The quantitative estimate of drug-likeness (QED) is 0.307. The molecule has 2 aromatic heterocycles. The van der Waals surface area contributed by atoms with E-state index in [0.29, 0.717) is 57.2 Å². The molecule has 0 saturated heterocycles. The fourth-order valence-electron chi connectivity index (χ4n) is 4.66. The molecular formula is C28H33FN6O5S. The van der Waals surface area contributed by atoms with Crippen LogP contribution >= 0.6 is 11.3 Å². The van der Waals surface area contributed by atoms with Crippen molar-refractivity contribution < 1.29 is 28.2 Å². The molecule has 1 aromatic carbocycles. The number of ether oxygens (including phenoxy) is 2. The topological polar surface area (TPSA) is 144 Å². The van der Waals surface area contributed by atoms with Crippen molar-refractivity contribution in [2.45, 2.75) is 83.7 Å². The summed E-state index contributed by atoms with van der Waals surface area (Å²) in [6.07, 6.45) is 2.60. The number of nitrogens with zero attached hydrogens (tertiary/aromatic N) is 2. The number of benzene rings is 1. The molecule has 0 radical (unpaired) electrons. The molecule has 11 nitrogen and oxygen atoms in total. The van der Waals surface area contributed by atoms with Crippen LogP contribution in [0, 0.1) is 12.7 Å². The molecule has 0 unspecified atom stereocenters. The molecule has 2 fully saturated rings. The summed E-state index contributed by atoms with van der Waals surface area (Å²) in [6, 6.07) is 3.86. The highest BCUT2D eigenvalue weighted by atomic mass is 32.1. The highest BCUT2D eigenvalue weighted by Crippen LogP contribution is 2.38. The lowest BCUT2D eigenvalue weighted by molar-refractivity contribution is -0.120. The minimum atomic E-state index is -0.604. The Balaban J connectivity index is 1.28. The van der Waals surface area contributed by atoms with Crippen LogP contribution in [0.25, 0.3) is 10.2 Å². The second kappa shape index (κ2) is 11.1. The minimum Gasteiger partial charge on any atom is -0.488 e. The first-order chi connectivity index (χ1) is 19.4. The van der Waals surface area contributed by atoms with Gasteiger partial charge in [-0.25, -0.2) is 19.2 Å². The standard InChI is InChI=1S/C28H33FN6O5S/c1-13-22-24(33-18-7-6-15(29)8-21(18)39-17-9-16(10-17)32-14(2)36)30-12-31-26(22)41-23(13)25(37)34-19-11-20(19)35-27(38)40-28(3,4)5/h6-8,12,16-17,19-20H,9-11H2,1-5H3,(H,32,36)(H,34,37)(H,35,38)(H,30,31,33)/t16?,17?,19-,20-/m0/s1. The molecule has 2 atom stereocenters. The SMILES string of the molecule is CC(=O)NC1CC(Oc2cc(F)ccc2Nc2ncnc3sc(C(=O)N[C@H]4C[C@@H]4NC(=O)OC(C)(C)C)c(C)c23)C1. The van der Waals surface area contributed by atoms with Gasteiger partial charge in [0, 0.05) is 31.9 Å². The van der Waals surface area contributed by atoms with Gasteiger partial charge in [0.15, 0.2) is 0 Å². The maximum absolute atomic E-state index is 14.1. The second-order valence-electron chi connectivity index (χ2n) is 11.4. The minimum absolute atomic E-state index is 0.0426. The van der Waals surface area contributed by atoms with Crippen LogP contribution in [0.2, 0.25) is 0 Å². The number of nitrogens with one attached hydrogen (secondary N) is 4. The van der Waals surface area contributed by atoms with Crippen molar-refractivity contribution in [2.75, 3.05) is 5.32 Å². The first kappa shape index (κ1) is 28.5. The fourth-order valence-corrected chi connectivity index (χ4v) is 5.71. The Morgan fingerprint density at radius 2 is 1.78 bits per heavy atom. The number of anilines is 2. The third kappa shape index (κ3) is 6.84. The average Bonchev–Trinajstić information content (AvgIpc) is 3.46. The molecule has 0 aliphatic heterocycles. The lowest BCUT2D eigenvalue weighted by Crippen LogP contribution is -2.48. The number of hydrogen-bond donors (Lipinski definition) is 4. The van der Waals surface area contributed by atoms with Crippen molar-refractivity contribution in [1.29, 1.82) is 0 Å². The van der Waals surface area contributed by atoms with Gasteiger partial charge in [-0.2, -0.15) is 0 Å². The summed E-state index contributed by atoms with van der Waals surface area (Å²) in [5, 5.41) is 12.5. The molecular weight excluding hydrogens is 551 g/mol. The number of halogens is 1. The molecule has 3 amide bonds. The van der Waals surface area contributed by atoms with E-state index in [2.05, 4.69) is 31.2 Å². The van der Waals surface area contributed by atoms with Crippen molar-refractivity contribution >= 4 is 51.0 Å². The normalized spacial score (nSPS) is 21.4. The van der Waals surface area contributed by atoms with Crippen molar-refractivity contribution in [3.8, 4) is 5.75 Å². The molecule has 41 heavy (non-hydrogen) atoms. The van der Waals surface area contributed by atoms with Gasteiger partial charge in [-0.3, -0.25) is 9.59 Å². The van der Waals surface area contributed by atoms with E-state index in [-0.39, 0.29) is 36.0 Å². The number of carbonyl (C=O) groups is 3. The van der Waals surface area contributed by atoms with Gasteiger partial charge >= 0.3 is 6.09 Å². The summed E-state index contributed by atoms with van der Waals surface area (Å²) < 4.78 is 25.5.